The summed E-state index contributed by atoms with van der Waals surface area (Å²) >= 11 is 0. The second kappa shape index (κ2) is 7.41. The Morgan fingerprint density at radius 3 is 2.40 bits per heavy atom. The molecule has 0 saturated heterocycles. The van der Waals surface area contributed by atoms with Gasteiger partial charge in [-0.05, 0) is 24.8 Å². The quantitative estimate of drug-likeness (QED) is 0.709. The van der Waals surface area contributed by atoms with Crippen LogP contribution in [0.4, 0.5) is 0 Å². The summed E-state index contributed by atoms with van der Waals surface area (Å²) in [4.78, 5) is 12.4. The Morgan fingerprint density at radius 2 is 1.95 bits per heavy atom. The van der Waals surface area contributed by atoms with E-state index in [1.807, 2.05) is 37.3 Å². The number of carbonyl (C=O) groups excluding carboxylic acids is 1. The van der Waals surface area contributed by atoms with Crippen LogP contribution in [0.25, 0.3) is 0 Å². The van der Waals surface area contributed by atoms with Gasteiger partial charge in [0.25, 0.3) is 0 Å². The normalized spacial score (nSPS) is 15.7. The summed E-state index contributed by atoms with van der Waals surface area (Å²) in [6.07, 6.45) is 0.749. The molecule has 0 aromatic heterocycles. The molecule has 2 atom stereocenters. The van der Waals surface area contributed by atoms with Crippen LogP contribution in [0.1, 0.15) is 32.8 Å². The van der Waals surface area contributed by atoms with Gasteiger partial charge in [0, 0.05) is 6.54 Å². The minimum Gasteiger partial charge on any atom is -0.394 e. The van der Waals surface area contributed by atoms with Gasteiger partial charge in [-0.1, -0.05) is 44.2 Å². The van der Waals surface area contributed by atoms with E-state index in [9.17, 15) is 9.90 Å². The zero-order valence-corrected chi connectivity index (χ0v) is 12.6. The van der Waals surface area contributed by atoms with Crippen LogP contribution in [0, 0.1) is 11.8 Å². The highest BCUT2D eigenvalue weighted by Gasteiger charge is 2.30. The molecule has 0 radical (unpaired) electrons. The molecule has 0 aliphatic rings. The lowest BCUT2D eigenvalue weighted by atomic mass is 9.90. The first-order chi connectivity index (χ1) is 9.42. The Bertz CT molecular complexity index is 420. The number of carbonyl (C=O) groups is 1. The van der Waals surface area contributed by atoms with Crippen LogP contribution < -0.4 is 11.1 Å². The van der Waals surface area contributed by atoms with Crippen molar-refractivity contribution < 1.29 is 9.90 Å². The molecule has 0 fully saturated rings. The topological polar surface area (TPSA) is 75.4 Å². The smallest absolute Gasteiger partial charge is 0.225 e. The molecule has 2 unspecified atom stereocenters. The molecule has 0 bridgehead atoms. The third-order valence-electron chi connectivity index (χ3n) is 3.54. The fourth-order valence-corrected chi connectivity index (χ4v) is 2.26. The van der Waals surface area contributed by atoms with Gasteiger partial charge < -0.3 is 16.2 Å². The van der Waals surface area contributed by atoms with E-state index in [4.69, 9.17) is 5.73 Å². The second-order valence-electron chi connectivity index (χ2n) is 5.91. The third-order valence-corrected chi connectivity index (χ3v) is 3.54. The minimum absolute atomic E-state index is 0.0957. The summed E-state index contributed by atoms with van der Waals surface area (Å²) in [6.45, 7) is 6.13. The number of hydrogen-bond donors (Lipinski definition) is 3. The summed E-state index contributed by atoms with van der Waals surface area (Å²) < 4.78 is 0. The van der Waals surface area contributed by atoms with Crippen molar-refractivity contribution >= 4 is 5.91 Å². The molecule has 0 aliphatic heterocycles. The molecule has 1 aromatic carbocycles. The number of benzene rings is 1. The lowest BCUT2D eigenvalue weighted by molar-refractivity contribution is -0.127. The number of nitrogens with two attached hydrogens (primary N) is 1. The molecule has 112 valence electrons. The van der Waals surface area contributed by atoms with Crippen LogP contribution in [-0.4, -0.2) is 24.2 Å². The van der Waals surface area contributed by atoms with Crippen molar-refractivity contribution in [2.45, 2.75) is 32.7 Å². The average Bonchev–Trinajstić information content (AvgIpc) is 2.45. The summed E-state index contributed by atoms with van der Waals surface area (Å²) in [7, 11) is 0. The first-order valence-corrected chi connectivity index (χ1v) is 7.11. The van der Waals surface area contributed by atoms with Gasteiger partial charge in [-0.15, -0.1) is 0 Å². The number of aliphatic hydroxyl groups is 1. The summed E-state index contributed by atoms with van der Waals surface area (Å²) in [6, 6.07) is 9.49. The van der Waals surface area contributed by atoms with Crippen molar-refractivity contribution in [3.8, 4) is 0 Å². The fourth-order valence-electron chi connectivity index (χ4n) is 2.26. The van der Waals surface area contributed by atoms with Crippen molar-refractivity contribution in [1.29, 1.82) is 0 Å². The van der Waals surface area contributed by atoms with E-state index in [0.29, 0.717) is 12.5 Å². The van der Waals surface area contributed by atoms with Crippen LogP contribution >= 0.6 is 0 Å². The maximum atomic E-state index is 12.4. The van der Waals surface area contributed by atoms with Crippen LogP contribution in [0.5, 0.6) is 0 Å². The van der Waals surface area contributed by atoms with Crippen LogP contribution in [0.15, 0.2) is 30.3 Å². The Labute approximate surface area is 121 Å². The SMILES string of the molecule is CC(C)CC(CN)C(=O)NC(C)(CO)c1ccccc1. The molecule has 4 heteroatoms. The lowest BCUT2D eigenvalue weighted by Crippen LogP contribution is -2.49. The van der Waals surface area contributed by atoms with Crippen molar-refractivity contribution in [2.24, 2.45) is 17.6 Å². The van der Waals surface area contributed by atoms with E-state index in [1.54, 1.807) is 0 Å². The van der Waals surface area contributed by atoms with Gasteiger partial charge in [-0.25, -0.2) is 0 Å². The predicted octanol–water partition coefficient (Wildman–Crippen LogP) is 1.63. The Balaban J connectivity index is 2.84. The van der Waals surface area contributed by atoms with Gasteiger partial charge in [-0.2, -0.15) is 0 Å². The number of rotatable bonds is 7. The first kappa shape index (κ1) is 16.7. The molecule has 0 saturated carbocycles. The van der Waals surface area contributed by atoms with Crippen LogP contribution in [0.2, 0.25) is 0 Å². The molecule has 1 rings (SSSR count). The summed E-state index contributed by atoms with van der Waals surface area (Å²) in [5, 5.41) is 12.6. The van der Waals surface area contributed by atoms with Crippen LogP contribution in [-0.2, 0) is 10.3 Å². The molecular weight excluding hydrogens is 252 g/mol. The third kappa shape index (κ3) is 4.32. The fraction of sp³-hybridized carbons (Fsp3) is 0.562. The molecule has 4 nitrogen and oxygen atoms in total. The van der Waals surface area contributed by atoms with Gasteiger partial charge in [0.15, 0.2) is 0 Å². The maximum Gasteiger partial charge on any atom is 0.225 e. The Hall–Kier alpha value is -1.39. The minimum atomic E-state index is -0.775. The van der Waals surface area contributed by atoms with Gasteiger partial charge in [-0.3, -0.25) is 4.79 Å². The van der Waals surface area contributed by atoms with Gasteiger partial charge in [0.1, 0.15) is 0 Å². The highest BCUT2D eigenvalue weighted by atomic mass is 16.3. The van der Waals surface area contributed by atoms with Crippen molar-refractivity contribution in [1.82, 2.24) is 5.32 Å². The summed E-state index contributed by atoms with van der Waals surface area (Å²) in [5.41, 5.74) is 5.81. The zero-order valence-electron chi connectivity index (χ0n) is 12.6. The van der Waals surface area contributed by atoms with Crippen molar-refractivity contribution in [2.75, 3.05) is 13.2 Å². The molecule has 4 N–H and O–H groups in total. The van der Waals surface area contributed by atoms with Gasteiger partial charge >= 0.3 is 0 Å². The zero-order chi connectivity index (χ0) is 15.2. The predicted molar refractivity (Wildman–Crippen MR) is 81.0 cm³/mol. The highest BCUT2D eigenvalue weighted by molar-refractivity contribution is 5.79. The summed E-state index contributed by atoms with van der Waals surface area (Å²) in [5.74, 6) is 0.0950. The van der Waals surface area contributed by atoms with E-state index in [1.165, 1.54) is 0 Å². The largest absolute Gasteiger partial charge is 0.394 e. The molecular formula is C16H26N2O2. The van der Waals surface area contributed by atoms with Gasteiger partial charge in [0.05, 0.1) is 18.1 Å². The van der Waals surface area contributed by atoms with E-state index >= 15 is 0 Å². The van der Waals surface area contributed by atoms with E-state index in [2.05, 4.69) is 19.2 Å². The molecule has 0 aliphatic carbocycles. The lowest BCUT2D eigenvalue weighted by Gasteiger charge is -2.31. The average molecular weight is 278 g/mol. The molecule has 20 heavy (non-hydrogen) atoms. The Kier molecular flexibility index (Phi) is 6.17. The molecule has 0 heterocycles. The standard InChI is InChI=1S/C16H26N2O2/c1-12(2)9-13(10-17)15(20)18-16(3,11-19)14-7-5-4-6-8-14/h4-8,12-13,19H,9-11,17H2,1-3H3,(H,18,20). The second-order valence-corrected chi connectivity index (χ2v) is 5.91. The monoisotopic (exact) mass is 278 g/mol. The van der Waals surface area contributed by atoms with E-state index in [0.717, 1.165) is 12.0 Å². The van der Waals surface area contributed by atoms with Crippen molar-refractivity contribution in [3.05, 3.63) is 35.9 Å². The number of aliphatic hydroxyl groups excluding tert-OH is 1. The Morgan fingerprint density at radius 1 is 1.35 bits per heavy atom. The first-order valence-electron chi connectivity index (χ1n) is 7.11. The number of nitrogens with one attached hydrogen (secondary N) is 1. The molecule has 1 amide bonds. The molecule has 0 spiro atoms. The van der Waals surface area contributed by atoms with E-state index in [-0.39, 0.29) is 18.4 Å². The molecule has 1 aromatic rings. The van der Waals surface area contributed by atoms with Gasteiger partial charge in [0.2, 0.25) is 5.91 Å². The van der Waals surface area contributed by atoms with E-state index < -0.39 is 5.54 Å². The number of hydrogen-bond acceptors (Lipinski definition) is 3. The van der Waals surface area contributed by atoms with Crippen molar-refractivity contribution in [3.63, 3.8) is 0 Å². The highest BCUT2D eigenvalue weighted by Crippen LogP contribution is 2.21. The number of amides is 1. The maximum absolute atomic E-state index is 12.4. The van der Waals surface area contributed by atoms with Crippen LogP contribution in [0.3, 0.4) is 0 Å².